The number of carbonyl (C=O) groups excluding carboxylic acids is 1. The van der Waals surface area contributed by atoms with Crippen LogP contribution in [0.15, 0.2) is 36.5 Å². The number of rotatable bonds is 4. The maximum Gasteiger partial charge on any atom is 0.311 e. The Kier molecular flexibility index (Phi) is 3.74. The molecule has 0 saturated carbocycles. The highest BCUT2D eigenvalue weighted by molar-refractivity contribution is 5.93. The number of para-hydroxylation sites is 1. The van der Waals surface area contributed by atoms with E-state index >= 15 is 0 Å². The Bertz CT molecular complexity index is 665. The third kappa shape index (κ3) is 2.80. The van der Waals surface area contributed by atoms with Gasteiger partial charge in [-0.05, 0) is 25.5 Å². The van der Waals surface area contributed by atoms with Gasteiger partial charge in [0.05, 0.1) is 4.92 Å². The summed E-state index contributed by atoms with van der Waals surface area (Å²) in [6, 6.07) is 7.74. The van der Waals surface area contributed by atoms with Crippen LogP contribution in [0.2, 0.25) is 0 Å². The second-order valence-corrected chi connectivity index (χ2v) is 4.22. The maximum atomic E-state index is 11.1. The molecule has 6 heteroatoms. The van der Waals surface area contributed by atoms with Crippen molar-refractivity contribution in [2.24, 2.45) is 0 Å². The number of carbonyl (C=O) groups is 1. The first-order valence-electron chi connectivity index (χ1n) is 5.88. The van der Waals surface area contributed by atoms with Crippen LogP contribution in [0, 0.1) is 17.0 Å². The Morgan fingerprint density at radius 2 is 2.05 bits per heavy atom. The highest BCUT2D eigenvalue weighted by atomic mass is 16.6. The number of ether oxygens (including phenoxy) is 1. The van der Waals surface area contributed by atoms with E-state index in [0.29, 0.717) is 11.1 Å². The lowest BCUT2D eigenvalue weighted by Gasteiger charge is -2.08. The molecule has 102 valence electrons. The number of hydrogen-bond donors (Lipinski definition) is 0. The Balaban J connectivity index is 2.34. The van der Waals surface area contributed by atoms with Crippen molar-refractivity contribution in [1.29, 1.82) is 0 Å². The zero-order valence-electron chi connectivity index (χ0n) is 11.0. The number of pyridine rings is 1. The van der Waals surface area contributed by atoms with Crippen LogP contribution in [0.4, 0.5) is 5.69 Å². The van der Waals surface area contributed by atoms with E-state index in [1.165, 1.54) is 25.3 Å². The molecule has 0 unspecified atom stereocenters. The molecule has 0 radical (unpaired) electrons. The van der Waals surface area contributed by atoms with Gasteiger partial charge in [-0.15, -0.1) is 0 Å². The van der Waals surface area contributed by atoms with Crippen LogP contribution in [0.1, 0.15) is 22.8 Å². The number of nitrogens with zero attached hydrogens (tertiary/aromatic N) is 2. The van der Waals surface area contributed by atoms with Gasteiger partial charge in [0.2, 0.25) is 11.6 Å². The van der Waals surface area contributed by atoms with Gasteiger partial charge in [0, 0.05) is 23.9 Å². The summed E-state index contributed by atoms with van der Waals surface area (Å²) in [6.45, 7) is 3.15. The lowest BCUT2D eigenvalue weighted by atomic mass is 10.2. The van der Waals surface area contributed by atoms with E-state index in [1.54, 1.807) is 25.1 Å². The molecular formula is C14H12N2O4. The second kappa shape index (κ2) is 5.48. The minimum absolute atomic E-state index is 0.106. The largest absolute Gasteiger partial charge is 0.432 e. The zero-order valence-corrected chi connectivity index (χ0v) is 11.0. The first kappa shape index (κ1) is 13.7. The number of benzene rings is 1. The average Bonchev–Trinajstić information content (AvgIpc) is 2.41. The van der Waals surface area contributed by atoms with E-state index < -0.39 is 4.92 Å². The lowest BCUT2D eigenvalue weighted by Crippen LogP contribution is -1.98. The standard InChI is InChI=1S/C14H12N2O4/c1-9-4-3-5-12(16(18)19)14(9)20-13-7-6-11(8-15-13)10(2)17/h3-8H,1-2H3. The molecule has 6 nitrogen and oxygen atoms in total. The predicted octanol–water partition coefficient (Wildman–Crippen LogP) is 3.29. The summed E-state index contributed by atoms with van der Waals surface area (Å²) in [5, 5.41) is 11.0. The van der Waals surface area contributed by atoms with Crippen molar-refractivity contribution in [2.75, 3.05) is 0 Å². The van der Waals surface area contributed by atoms with Crippen LogP contribution in [-0.2, 0) is 0 Å². The van der Waals surface area contributed by atoms with E-state index in [1.807, 2.05) is 0 Å². The van der Waals surface area contributed by atoms with Gasteiger partial charge < -0.3 is 4.74 Å². The van der Waals surface area contributed by atoms with Crippen molar-refractivity contribution in [2.45, 2.75) is 13.8 Å². The maximum absolute atomic E-state index is 11.1. The molecule has 2 aromatic rings. The first-order valence-corrected chi connectivity index (χ1v) is 5.88. The molecule has 0 N–H and O–H groups in total. The van der Waals surface area contributed by atoms with Gasteiger partial charge in [0.25, 0.3) is 0 Å². The van der Waals surface area contributed by atoms with Crippen LogP contribution in [0.25, 0.3) is 0 Å². The van der Waals surface area contributed by atoms with Crippen molar-refractivity contribution in [1.82, 2.24) is 4.98 Å². The normalized spacial score (nSPS) is 10.1. The molecule has 0 amide bonds. The third-order valence-corrected chi connectivity index (χ3v) is 2.74. The molecule has 1 aromatic carbocycles. The van der Waals surface area contributed by atoms with Crippen molar-refractivity contribution < 1.29 is 14.5 Å². The van der Waals surface area contributed by atoms with Gasteiger partial charge >= 0.3 is 5.69 Å². The van der Waals surface area contributed by atoms with Crippen LogP contribution in [0.3, 0.4) is 0 Å². The minimum Gasteiger partial charge on any atom is -0.432 e. The molecule has 0 aliphatic rings. The van der Waals surface area contributed by atoms with E-state index in [0.717, 1.165) is 0 Å². The molecule has 2 rings (SSSR count). The lowest BCUT2D eigenvalue weighted by molar-refractivity contribution is -0.385. The molecule has 0 aliphatic carbocycles. The van der Waals surface area contributed by atoms with Gasteiger partial charge in [0.1, 0.15) is 0 Å². The minimum atomic E-state index is -0.508. The van der Waals surface area contributed by atoms with Crippen molar-refractivity contribution >= 4 is 11.5 Å². The smallest absolute Gasteiger partial charge is 0.311 e. The number of nitro groups is 1. The summed E-state index contributed by atoms with van der Waals surface area (Å²) in [7, 11) is 0. The molecule has 1 aromatic heterocycles. The summed E-state index contributed by atoms with van der Waals surface area (Å²) in [5.74, 6) is 0.249. The predicted molar refractivity (Wildman–Crippen MR) is 72.1 cm³/mol. The van der Waals surface area contributed by atoms with E-state index in [4.69, 9.17) is 4.74 Å². The Morgan fingerprint density at radius 3 is 2.60 bits per heavy atom. The van der Waals surface area contributed by atoms with Crippen LogP contribution >= 0.6 is 0 Å². The third-order valence-electron chi connectivity index (χ3n) is 2.74. The number of hydrogen-bond acceptors (Lipinski definition) is 5. The molecule has 20 heavy (non-hydrogen) atoms. The highest BCUT2D eigenvalue weighted by Crippen LogP contribution is 2.33. The summed E-state index contributed by atoms with van der Waals surface area (Å²) in [5.41, 5.74) is 0.968. The Labute approximate surface area is 115 Å². The van der Waals surface area contributed by atoms with Crippen molar-refractivity contribution in [3.05, 3.63) is 57.8 Å². The Morgan fingerprint density at radius 1 is 1.30 bits per heavy atom. The van der Waals surface area contributed by atoms with Crippen LogP contribution < -0.4 is 4.74 Å². The van der Waals surface area contributed by atoms with Gasteiger partial charge in [-0.1, -0.05) is 12.1 Å². The van der Waals surface area contributed by atoms with Crippen molar-refractivity contribution in [3.63, 3.8) is 0 Å². The van der Waals surface area contributed by atoms with Gasteiger partial charge in [-0.25, -0.2) is 4.98 Å². The number of nitro benzene ring substituents is 1. The van der Waals surface area contributed by atoms with Crippen molar-refractivity contribution in [3.8, 4) is 11.6 Å². The van der Waals surface area contributed by atoms with Gasteiger partial charge in [-0.2, -0.15) is 0 Å². The van der Waals surface area contributed by atoms with Gasteiger partial charge in [-0.3, -0.25) is 14.9 Å². The summed E-state index contributed by atoms with van der Waals surface area (Å²) in [4.78, 5) is 25.6. The average molecular weight is 272 g/mol. The molecule has 1 heterocycles. The Hall–Kier alpha value is -2.76. The quantitative estimate of drug-likeness (QED) is 0.484. The topological polar surface area (TPSA) is 82.3 Å². The molecule has 0 fully saturated rings. The SMILES string of the molecule is CC(=O)c1ccc(Oc2c(C)cccc2[N+](=O)[O-])nc1. The van der Waals surface area contributed by atoms with E-state index in [2.05, 4.69) is 4.98 Å². The highest BCUT2D eigenvalue weighted by Gasteiger charge is 2.18. The van der Waals surface area contributed by atoms with Crippen LogP contribution in [-0.4, -0.2) is 15.7 Å². The number of Topliss-reactive ketones (excluding diaryl/α,β-unsaturated/α-hetero) is 1. The second-order valence-electron chi connectivity index (χ2n) is 4.22. The number of ketones is 1. The van der Waals surface area contributed by atoms with E-state index in [-0.39, 0.29) is 23.1 Å². The van der Waals surface area contributed by atoms with E-state index in [9.17, 15) is 14.9 Å². The fourth-order valence-corrected chi connectivity index (χ4v) is 1.67. The fourth-order valence-electron chi connectivity index (χ4n) is 1.67. The number of aryl methyl sites for hydroxylation is 1. The summed E-state index contributed by atoms with van der Waals surface area (Å²) in [6.07, 6.45) is 1.38. The molecule has 0 saturated heterocycles. The molecule has 0 atom stereocenters. The monoisotopic (exact) mass is 272 g/mol. The fraction of sp³-hybridized carbons (Fsp3) is 0.143. The molecule has 0 spiro atoms. The van der Waals surface area contributed by atoms with Crippen LogP contribution in [0.5, 0.6) is 11.6 Å². The van der Waals surface area contributed by atoms with Gasteiger partial charge in [0.15, 0.2) is 5.78 Å². The molecule has 0 bridgehead atoms. The first-order chi connectivity index (χ1) is 9.49. The molecular weight excluding hydrogens is 260 g/mol. The number of aromatic nitrogens is 1. The zero-order chi connectivity index (χ0) is 14.7. The molecule has 0 aliphatic heterocycles. The summed E-state index contributed by atoms with van der Waals surface area (Å²) < 4.78 is 5.47. The summed E-state index contributed by atoms with van der Waals surface area (Å²) >= 11 is 0.